The van der Waals surface area contributed by atoms with Crippen LogP contribution in [0, 0.1) is 13.8 Å². The highest BCUT2D eigenvalue weighted by atomic mass is 35.5. The lowest BCUT2D eigenvalue weighted by atomic mass is 10.0. The highest BCUT2D eigenvalue weighted by Crippen LogP contribution is 2.27. The zero-order chi connectivity index (χ0) is 14.4. The summed E-state index contributed by atoms with van der Waals surface area (Å²) in [6.07, 6.45) is 0.803. The quantitative estimate of drug-likeness (QED) is 0.593. The molecule has 1 unspecified atom stereocenters. The van der Waals surface area contributed by atoms with Crippen LogP contribution in [0.15, 0.2) is 12.1 Å². The molecule has 0 aromatic heterocycles. The van der Waals surface area contributed by atoms with Crippen molar-refractivity contribution >= 4 is 17.6 Å². The van der Waals surface area contributed by atoms with Crippen molar-refractivity contribution in [2.45, 2.75) is 39.0 Å². The van der Waals surface area contributed by atoms with Crippen molar-refractivity contribution in [1.29, 1.82) is 0 Å². The molecule has 0 spiro atoms. The lowest BCUT2D eigenvalue weighted by Gasteiger charge is -2.15. The van der Waals surface area contributed by atoms with Gasteiger partial charge in [0.15, 0.2) is 0 Å². The molecule has 1 rings (SSSR count). The van der Waals surface area contributed by atoms with Crippen LogP contribution in [-0.4, -0.2) is 25.1 Å². The van der Waals surface area contributed by atoms with E-state index in [0.29, 0.717) is 13.0 Å². The SMILES string of the molecule is CCOC(=O)CC(Cl)Cc1cc(C)cc(C)c1OC. The maximum absolute atomic E-state index is 11.4. The summed E-state index contributed by atoms with van der Waals surface area (Å²) in [5, 5.41) is -0.283. The molecule has 1 atom stereocenters. The Labute approximate surface area is 119 Å². The van der Waals surface area contributed by atoms with Gasteiger partial charge in [0.1, 0.15) is 5.75 Å². The minimum absolute atomic E-state index is 0.214. The zero-order valence-corrected chi connectivity index (χ0v) is 12.7. The fraction of sp³-hybridized carbons (Fsp3) is 0.533. The second-order valence-electron chi connectivity index (χ2n) is 4.58. The zero-order valence-electron chi connectivity index (χ0n) is 12.0. The van der Waals surface area contributed by atoms with E-state index in [9.17, 15) is 4.79 Å². The van der Waals surface area contributed by atoms with Crippen molar-refractivity contribution in [3.8, 4) is 5.75 Å². The highest BCUT2D eigenvalue weighted by molar-refractivity contribution is 6.21. The lowest BCUT2D eigenvalue weighted by molar-refractivity contribution is -0.143. The number of hydrogen-bond acceptors (Lipinski definition) is 3. The number of rotatable bonds is 6. The first-order chi connectivity index (χ1) is 8.97. The van der Waals surface area contributed by atoms with E-state index in [-0.39, 0.29) is 17.8 Å². The van der Waals surface area contributed by atoms with Crippen molar-refractivity contribution in [1.82, 2.24) is 0 Å². The molecule has 4 heteroatoms. The number of methoxy groups -OCH3 is 1. The molecule has 19 heavy (non-hydrogen) atoms. The number of esters is 1. The summed E-state index contributed by atoms with van der Waals surface area (Å²) in [7, 11) is 1.65. The Bertz CT molecular complexity index is 443. The van der Waals surface area contributed by atoms with Gasteiger partial charge in [0, 0.05) is 5.38 Å². The van der Waals surface area contributed by atoms with Gasteiger partial charge >= 0.3 is 5.97 Å². The van der Waals surface area contributed by atoms with E-state index in [0.717, 1.165) is 22.4 Å². The molecule has 0 aliphatic carbocycles. The number of hydrogen-bond donors (Lipinski definition) is 0. The van der Waals surface area contributed by atoms with Crippen LogP contribution in [0.2, 0.25) is 0 Å². The Hall–Kier alpha value is -1.22. The molecule has 0 N–H and O–H groups in total. The van der Waals surface area contributed by atoms with E-state index < -0.39 is 0 Å². The number of aryl methyl sites for hydroxylation is 2. The number of halogens is 1. The van der Waals surface area contributed by atoms with Gasteiger partial charge in [0.2, 0.25) is 0 Å². The van der Waals surface area contributed by atoms with Crippen LogP contribution >= 0.6 is 11.6 Å². The molecule has 3 nitrogen and oxygen atoms in total. The monoisotopic (exact) mass is 284 g/mol. The first-order valence-corrected chi connectivity index (χ1v) is 6.85. The van der Waals surface area contributed by atoms with Crippen molar-refractivity contribution in [3.63, 3.8) is 0 Å². The van der Waals surface area contributed by atoms with Gasteiger partial charge in [-0.15, -0.1) is 11.6 Å². The number of carbonyl (C=O) groups excluding carboxylic acids is 1. The number of alkyl halides is 1. The molecule has 0 radical (unpaired) electrons. The van der Waals surface area contributed by atoms with Gasteiger partial charge in [-0.1, -0.05) is 17.7 Å². The highest BCUT2D eigenvalue weighted by Gasteiger charge is 2.16. The molecule has 0 fully saturated rings. The van der Waals surface area contributed by atoms with Crippen molar-refractivity contribution < 1.29 is 14.3 Å². The average molecular weight is 285 g/mol. The summed E-state index contributed by atoms with van der Waals surface area (Å²) < 4.78 is 10.3. The van der Waals surface area contributed by atoms with E-state index in [4.69, 9.17) is 21.1 Å². The molecule has 1 aromatic carbocycles. The van der Waals surface area contributed by atoms with E-state index in [1.807, 2.05) is 19.9 Å². The third-order valence-corrected chi connectivity index (χ3v) is 3.14. The Balaban J connectivity index is 2.78. The molecular weight excluding hydrogens is 264 g/mol. The maximum atomic E-state index is 11.4. The van der Waals surface area contributed by atoms with Crippen molar-refractivity contribution in [2.75, 3.05) is 13.7 Å². The minimum atomic E-state index is -0.283. The minimum Gasteiger partial charge on any atom is -0.496 e. The topological polar surface area (TPSA) is 35.5 Å². The standard InChI is InChI=1S/C15H21ClO3/c1-5-19-14(17)9-13(16)8-12-7-10(2)6-11(3)15(12)18-4/h6-7,13H,5,8-9H2,1-4H3. The first-order valence-electron chi connectivity index (χ1n) is 6.41. The van der Waals surface area contributed by atoms with Gasteiger partial charge in [0.25, 0.3) is 0 Å². The Kier molecular flexibility index (Phi) is 6.16. The largest absolute Gasteiger partial charge is 0.496 e. The second kappa shape index (κ2) is 7.39. The summed E-state index contributed by atoms with van der Waals surface area (Å²) in [5.74, 6) is 0.589. The van der Waals surface area contributed by atoms with Gasteiger partial charge < -0.3 is 9.47 Å². The predicted molar refractivity (Wildman–Crippen MR) is 77.1 cm³/mol. The number of ether oxygens (including phenoxy) is 2. The summed E-state index contributed by atoms with van der Waals surface area (Å²) in [6, 6.07) is 4.11. The van der Waals surface area contributed by atoms with Crippen molar-refractivity contribution in [3.05, 3.63) is 28.8 Å². The summed E-state index contributed by atoms with van der Waals surface area (Å²) in [6.45, 7) is 6.21. The molecule has 0 aliphatic rings. The van der Waals surface area contributed by atoms with Crippen LogP contribution in [0.4, 0.5) is 0 Å². The molecule has 0 aliphatic heterocycles. The molecule has 0 amide bonds. The van der Waals surface area contributed by atoms with Crippen LogP contribution in [0.25, 0.3) is 0 Å². The maximum Gasteiger partial charge on any atom is 0.307 e. The second-order valence-corrected chi connectivity index (χ2v) is 5.20. The molecule has 106 valence electrons. The fourth-order valence-corrected chi connectivity index (χ4v) is 2.49. The molecule has 0 heterocycles. The number of benzene rings is 1. The molecule has 0 saturated heterocycles. The van der Waals surface area contributed by atoms with Crippen LogP contribution in [0.1, 0.15) is 30.0 Å². The van der Waals surface area contributed by atoms with Gasteiger partial charge in [-0.25, -0.2) is 0 Å². The average Bonchev–Trinajstić information content (AvgIpc) is 2.28. The predicted octanol–water partition coefficient (Wildman–Crippen LogP) is 3.42. The van der Waals surface area contributed by atoms with E-state index in [2.05, 4.69) is 6.07 Å². The Morgan fingerprint density at radius 1 is 1.37 bits per heavy atom. The molecule has 1 aromatic rings. The molecular formula is C15H21ClO3. The van der Waals surface area contributed by atoms with Gasteiger partial charge in [-0.2, -0.15) is 0 Å². The summed E-state index contributed by atoms with van der Waals surface area (Å²) >= 11 is 6.22. The molecule has 0 saturated carbocycles. The smallest absolute Gasteiger partial charge is 0.307 e. The fourth-order valence-electron chi connectivity index (χ4n) is 2.20. The van der Waals surface area contributed by atoms with Gasteiger partial charge in [-0.3, -0.25) is 4.79 Å². The third kappa shape index (κ3) is 4.75. The van der Waals surface area contributed by atoms with E-state index >= 15 is 0 Å². The Morgan fingerprint density at radius 2 is 2.05 bits per heavy atom. The van der Waals surface area contributed by atoms with Crippen LogP contribution < -0.4 is 4.74 Å². The first kappa shape index (κ1) is 15.8. The van der Waals surface area contributed by atoms with E-state index in [1.165, 1.54) is 0 Å². The summed E-state index contributed by atoms with van der Waals surface area (Å²) in [5.41, 5.74) is 3.27. The third-order valence-electron chi connectivity index (χ3n) is 2.83. The van der Waals surface area contributed by atoms with E-state index in [1.54, 1.807) is 14.0 Å². The lowest BCUT2D eigenvalue weighted by Crippen LogP contribution is -2.14. The van der Waals surface area contributed by atoms with Crippen LogP contribution in [0.5, 0.6) is 5.75 Å². The summed E-state index contributed by atoms with van der Waals surface area (Å²) in [4.78, 5) is 11.4. The molecule has 0 bridgehead atoms. The Morgan fingerprint density at radius 3 is 2.63 bits per heavy atom. The van der Waals surface area contributed by atoms with Crippen LogP contribution in [0.3, 0.4) is 0 Å². The van der Waals surface area contributed by atoms with Gasteiger partial charge in [0.05, 0.1) is 20.1 Å². The van der Waals surface area contributed by atoms with Gasteiger partial charge in [-0.05, 0) is 38.3 Å². The number of carbonyl (C=O) groups is 1. The van der Waals surface area contributed by atoms with Crippen molar-refractivity contribution in [2.24, 2.45) is 0 Å². The van der Waals surface area contributed by atoms with Crippen LogP contribution in [-0.2, 0) is 16.0 Å². The normalized spacial score (nSPS) is 12.1.